The number of aromatic hydroxyl groups is 1. The lowest BCUT2D eigenvalue weighted by molar-refractivity contribution is -0.116. The maximum absolute atomic E-state index is 12.4. The number of rotatable bonds is 6. The molecule has 0 aliphatic carbocycles. The molecule has 4 heteroatoms. The van der Waals surface area contributed by atoms with Crippen LogP contribution in [0, 0.1) is 0 Å². The van der Waals surface area contributed by atoms with Crippen molar-refractivity contribution in [2.75, 3.05) is 24.5 Å². The number of carbonyl (C=O) groups is 1. The number of hydrogen-bond acceptors (Lipinski definition) is 3. The highest BCUT2D eigenvalue weighted by Gasteiger charge is 2.26. The van der Waals surface area contributed by atoms with Gasteiger partial charge in [-0.2, -0.15) is 0 Å². The zero-order chi connectivity index (χ0) is 23.5. The van der Waals surface area contributed by atoms with Gasteiger partial charge in [-0.25, -0.2) is 0 Å². The van der Waals surface area contributed by atoms with Crippen LogP contribution in [0.4, 0.5) is 5.69 Å². The molecule has 1 aliphatic rings. The molecular formula is C28H38N2O2. The van der Waals surface area contributed by atoms with E-state index in [4.69, 9.17) is 0 Å². The van der Waals surface area contributed by atoms with Gasteiger partial charge in [0.15, 0.2) is 0 Å². The van der Waals surface area contributed by atoms with Crippen LogP contribution in [-0.2, 0) is 22.0 Å². The number of hydrogen-bond donors (Lipinski definition) is 2. The molecule has 0 aromatic heterocycles. The van der Waals surface area contributed by atoms with Crippen molar-refractivity contribution in [2.24, 2.45) is 0 Å². The third kappa shape index (κ3) is 5.73. The first kappa shape index (κ1) is 23.9. The molecule has 1 aliphatic heterocycles. The van der Waals surface area contributed by atoms with Gasteiger partial charge in [-0.1, -0.05) is 59.7 Å². The Morgan fingerprint density at radius 3 is 2.31 bits per heavy atom. The molecule has 0 spiro atoms. The van der Waals surface area contributed by atoms with Gasteiger partial charge >= 0.3 is 0 Å². The van der Waals surface area contributed by atoms with Crippen molar-refractivity contribution in [3.63, 3.8) is 0 Å². The molecule has 172 valence electrons. The second kappa shape index (κ2) is 9.40. The summed E-state index contributed by atoms with van der Waals surface area (Å²) < 4.78 is 0. The second-order valence-electron chi connectivity index (χ2n) is 10.8. The Kier molecular flexibility index (Phi) is 7.02. The molecule has 2 aromatic carbocycles. The number of nitrogens with one attached hydrogen (secondary N) is 1. The van der Waals surface area contributed by atoms with E-state index in [1.165, 1.54) is 11.3 Å². The molecule has 0 fully saturated rings. The summed E-state index contributed by atoms with van der Waals surface area (Å²) in [5.41, 5.74) is 5.09. The number of carbonyl (C=O) groups excluding carboxylic acids is 1. The first-order valence-electron chi connectivity index (χ1n) is 11.6. The molecule has 0 bridgehead atoms. The first-order valence-corrected chi connectivity index (χ1v) is 11.6. The molecule has 4 nitrogen and oxygen atoms in total. The van der Waals surface area contributed by atoms with Gasteiger partial charge in [0.25, 0.3) is 0 Å². The van der Waals surface area contributed by atoms with Crippen molar-refractivity contribution in [3.05, 3.63) is 64.7 Å². The fraction of sp³-hybridized carbons (Fsp3) is 0.464. The third-order valence-electron chi connectivity index (χ3n) is 6.06. The molecule has 0 unspecified atom stereocenters. The maximum atomic E-state index is 12.4. The van der Waals surface area contributed by atoms with Gasteiger partial charge in [-0.3, -0.25) is 4.79 Å². The summed E-state index contributed by atoms with van der Waals surface area (Å²) in [6.07, 6.45) is 5.45. The Bertz CT molecular complexity index is 958. The largest absolute Gasteiger partial charge is 0.507 e. The summed E-state index contributed by atoms with van der Waals surface area (Å²) in [5, 5.41) is 13.8. The number of para-hydroxylation sites is 1. The van der Waals surface area contributed by atoms with Gasteiger partial charge < -0.3 is 15.3 Å². The summed E-state index contributed by atoms with van der Waals surface area (Å²) in [6, 6.07) is 12.5. The van der Waals surface area contributed by atoms with E-state index in [0.29, 0.717) is 12.3 Å². The standard InChI is InChI=1S/C28H38N2O2/c1-27(2,3)22-18-20(19-23(26(22)32)28(4,5)6)12-13-25(31)29-15-9-16-30-17-14-21-10-7-8-11-24(21)30/h7-8,10-13,18-19,32H,9,14-17H2,1-6H3,(H,29,31)/b13-12+. The first-order chi connectivity index (χ1) is 15.0. The van der Waals surface area contributed by atoms with Crippen LogP contribution in [0.2, 0.25) is 0 Å². The maximum Gasteiger partial charge on any atom is 0.244 e. The number of phenolic OH excluding ortho intramolecular Hbond substituents is 1. The Morgan fingerprint density at radius 2 is 1.69 bits per heavy atom. The van der Waals surface area contributed by atoms with Crippen LogP contribution in [0.1, 0.15) is 70.2 Å². The van der Waals surface area contributed by atoms with Crippen molar-refractivity contribution in [1.29, 1.82) is 0 Å². The molecule has 0 saturated heterocycles. The van der Waals surface area contributed by atoms with Gasteiger partial charge in [0.2, 0.25) is 5.91 Å². The monoisotopic (exact) mass is 434 g/mol. The second-order valence-corrected chi connectivity index (χ2v) is 10.8. The Labute approximate surface area is 193 Å². The van der Waals surface area contributed by atoms with Gasteiger partial charge in [0.1, 0.15) is 5.75 Å². The van der Waals surface area contributed by atoms with Crippen LogP contribution < -0.4 is 10.2 Å². The van der Waals surface area contributed by atoms with Gasteiger partial charge in [0, 0.05) is 42.5 Å². The molecule has 1 amide bonds. The number of amides is 1. The molecule has 0 saturated carbocycles. The minimum absolute atomic E-state index is 0.0884. The highest BCUT2D eigenvalue weighted by atomic mass is 16.3. The number of nitrogens with zero attached hydrogens (tertiary/aromatic N) is 1. The summed E-state index contributed by atoms with van der Waals surface area (Å²) in [6.45, 7) is 15.2. The lowest BCUT2D eigenvalue weighted by Gasteiger charge is -2.27. The Hall–Kier alpha value is -2.75. The average Bonchev–Trinajstić information content (AvgIpc) is 3.12. The molecule has 2 N–H and O–H groups in total. The normalized spacial score (nSPS) is 14.1. The van der Waals surface area contributed by atoms with E-state index in [1.807, 2.05) is 18.2 Å². The summed E-state index contributed by atoms with van der Waals surface area (Å²) >= 11 is 0. The number of phenols is 1. The average molecular weight is 435 g/mol. The van der Waals surface area contributed by atoms with Crippen LogP contribution in [0.5, 0.6) is 5.75 Å². The van der Waals surface area contributed by atoms with E-state index >= 15 is 0 Å². The molecule has 32 heavy (non-hydrogen) atoms. The minimum atomic E-state index is -0.190. The van der Waals surface area contributed by atoms with Crippen LogP contribution in [0.25, 0.3) is 6.08 Å². The minimum Gasteiger partial charge on any atom is -0.507 e. The van der Waals surface area contributed by atoms with Crippen molar-refractivity contribution < 1.29 is 9.90 Å². The van der Waals surface area contributed by atoms with E-state index < -0.39 is 0 Å². The van der Waals surface area contributed by atoms with Crippen LogP contribution >= 0.6 is 0 Å². The molecule has 0 atom stereocenters. The van der Waals surface area contributed by atoms with Gasteiger partial charge in [-0.05, 0) is 59.1 Å². The molecule has 3 rings (SSSR count). The summed E-state index contributed by atoms with van der Waals surface area (Å²) in [4.78, 5) is 14.8. The fourth-order valence-electron chi connectivity index (χ4n) is 4.25. The van der Waals surface area contributed by atoms with Crippen LogP contribution in [-0.4, -0.2) is 30.6 Å². The molecule has 1 heterocycles. The van der Waals surface area contributed by atoms with Gasteiger partial charge in [-0.15, -0.1) is 0 Å². The summed E-state index contributed by atoms with van der Waals surface area (Å²) in [7, 11) is 0. The lowest BCUT2D eigenvalue weighted by Crippen LogP contribution is -2.28. The van der Waals surface area contributed by atoms with E-state index in [9.17, 15) is 9.90 Å². The van der Waals surface area contributed by atoms with Crippen molar-refractivity contribution in [3.8, 4) is 5.75 Å². The molecular weight excluding hydrogens is 396 g/mol. The van der Waals surface area contributed by atoms with Crippen LogP contribution in [0.15, 0.2) is 42.5 Å². The predicted molar refractivity (Wildman–Crippen MR) is 135 cm³/mol. The SMILES string of the molecule is CC(C)(C)c1cc(/C=C/C(=O)NCCCN2CCc3ccccc32)cc(C(C)(C)C)c1O. The highest BCUT2D eigenvalue weighted by molar-refractivity contribution is 5.91. The van der Waals surface area contributed by atoms with E-state index in [0.717, 1.165) is 42.6 Å². The number of anilines is 1. The Balaban J connectivity index is 1.59. The zero-order valence-electron chi connectivity index (χ0n) is 20.5. The quantitative estimate of drug-likeness (QED) is 0.462. The topological polar surface area (TPSA) is 52.6 Å². The van der Waals surface area contributed by atoms with Crippen molar-refractivity contribution >= 4 is 17.7 Å². The Morgan fingerprint density at radius 1 is 1.06 bits per heavy atom. The molecule has 0 radical (unpaired) electrons. The molecule has 2 aromatic rings. The zero-order valence-corrected chi connectivity index (χ0v) is 20.5. The van der Waals surface area contributed by atoms with Gasteiger partial charge in [0.05, 0.1) is 0 Å². The van der Waals surface area contributed by atoms with Crippen molar-refractivity contribution in [2.45, 2.75) is 65.2 Å². The number of benzene rings is 2. The van der Waals surface area contributed by atoms with Crippen molar-refractivity contribution in [1.82, 2.24) is 5.32 Å². The van der Waals surface area contributed by atoms with E-state index in [-0.39, 0.29) is 16.7 Å². The lowest BCUT2D eigenvalue weighted by atomic mass is 9.78. The summed E-state index contributed by atoms with van der Waals surface area (Å²) in [5.74, 6) is 0.268. The van der Waals surface area contributed by atoms with E-state index in [2.05, 4.69) is 76.0 Å². The predicted octanol–water partition coefficient (Wildman–Crippen LogP) is 5.57. The van der Waals surface area contributed by atoms with Crippen LogP contribution in [0.3, 0.4) is 0 Å². The third-order valence-corrected chi connectivity index (χ3v) is 6.06. The smallest absolute Gasteiger partial charge is 0.244 e. The highest BCUT2D eigenvalue weighted by Crippen LogP contribution is 2.40. The fourth-order valence-corrected chi connectivity index (χ4v) is 4.25. The van der Waals surface area contributed by atoms with E-state index in [1.54, 1.807) is 6.08 Å². The number of fused-ring (bicyclic) bond motifs is 1.